The van der Waals surface area contributed by atoms with Crippen molar-refractivity contribution in [3.63, 3.8) is 0 Å². The molecule has 0 spiro atoms. The number of nitrogen functional groups attached to an aromatic ring is 1. The van der Waals surface area contributed by atoms with E-state index in [4.69, 9.17) is 26.8 Å². The Balaban J connectivity index is 1.98. The number of para-hydroxylation sites is 1. The van der Waals surface area contributed by atoms with Crippen LogP contribution in [0.3, 0.4) is 0 Å². The Kier molecular flexibility index (Phi) is 3.28. The maximum absolute atomic E-state index is 13.8. The van der Waals surface area contributed by atoms with Gasteiger partial charge in [0, 0.05) is 12.1 Å². The standard InChI is InChI=1S/C14H12ClFN2O2/c15-8-2-1-3-9(16)14(8)18-11-7-13-12(6-10(11)17)19-4-5-20-13/h1-3,6-7,18H,4-5,17H2. The van der Waals surface area contributed by atoms with Crippen LogP contribution in [0.2, 0.25) is 5.02 Å². The van der Waals surface area contributed by atoms with Gasteiger partial charge in [0.2, 0.25) is 0 Å². The fourth-order valence-corrected chi connectivity index (χ4v) is 2.17. The molecule has 0 saturated heterocycles. The van der Waals surface area contributed by atoms with Crippen LogP contribution in [0.25, 0.3) is 0 Å². The first-order valence-corrected chi connectivity index (χ1v) is 6.43. The maximum Gasteiger partial charge on any atom is 0.163 e. The third-order valence-electron chi connectivity index (χ3n) is 2.94. The minimum atomic E-state index is -0.452. The smallest absolute Gasteiger partial charge is 0.163 e. The minimum absolute atomic E-state index is 0.178. The second-order valence-electron chi connectivity index (χ2n) is 4.30. The molecule has 3 rings (SSSR count). The van der Waals surface area contributed by atoms with Crippen LogP contribution in [-0.2, 0) is 0 Å². The maximum atomic E-state index is 13.8. The van der Waals surface area contributed by atoms with Gasteiger partial charge in [-0.15, -0.1) is 0 Å². The van der Waals surface area contributed by atoms with E-state index in [0.717, 1.165) is 0 Å². The summed E-state index contributed by atoms with van der Waals surface area (Å²) in [6.45, 7) is 0.954. The lowest BCUT2D eigenvalue weighted by Crippen LogP contribution is -2.15. The highest BCUT2D eigenvalue weighted by Gasteiger charge is 2.16. The predicted octanol–water partition coefficient (Wildman–Crippen LogP) is 3.58. The second-order valence-corrected chi connectivity index (χ2v) is 4.71. The van der Waals surface area contributed by atoms with Crippen LogP contribution in [0.5, 0.6) is 11.5 Å². The molecule has 0 bridgehead atoms. The zero-order valence-corrected chi connectivity index (χ0v) is 11.2. The van der Waals surface area contributed by atoms with Crippen molar-refractivity contribution in [2.75, 3.05) is 24.3 Å². The van der Waals surface area contributed by atoms with Crippen molar-refractivity contribution < 1.29 is 13.9 Å². The van der Waals surface area contributed by atoms with E-state index in [1.165, 1.54) is 12.1 Å². The first kappa shape index (κ1) is 12.9. The molecule has 0 saturated carbocycles. The zero-order chi connectivity index (χ0) is 14.1. The van der Waals surface area contributed by atoms with E-state index < -0.39 is 5.82 Å². The summed E-state index contributed by atoms with van der Waals surface area (Å²) in [5.74, 6) is 0.700. The Bertz CT molecular complexity index is 644. The van der Waals surface area contributed by atoms with Crippen molar-refractivity contribution in [3.05, 3.63) is 41.2 Å². The van der Waals surface area contributed by atoms with Gasteiger partial charge in [0.05, 0.1) is 22.1 Å². The number of hydrogen-bond donors (Lipinski definition) is 2. The summed E-state index contributed by atoms with van der Waals surface area (Å²) in [7, 11) is 0. The number of benzene rings is 2. The Morgan fingerprint density at radius 2 is 1.85 bits per heavy atom. The molecule has 1 heterocycles. The van der Waals surface area contributed by atoms with E-state index in [1.807, 2.05) is 0 Å². The molecule has 20 heavy (non-hydrogen) atoms. The molecule has 6 heteroatoms. The fraction of sp³-hybridized carbons (Fsp3) is 0.143. The van der Waals surface area contributed by atoms with Crippen LogP contribution in [0.15, 0.2) is 30.3 Å². The Labute approximate surface area is 120 Å². The number of rotatable bonds is 2. The number of nitrogens with two attached hydrogens (primary N) is 1. The topological polar surface area (TPSA) is 56.5 Å². The molecule has 2 aromatic carbocycles. The molecule has 0 fully saturated rings. The molecule has 0 unspecified atom stereocenters. The van der Waals surface area contributed by atoms with Crippen molar-refractivity contribution in [3.8, 4) is 11.5 Å². The molecule has 0 radical (unpaired) electrons. The van der Waals surface area contributed by atoms with Crippen LogP contribution in [0.1, 0.15) is 0 Å². The van der Waals surface area contributed by atoms with E-state index >= 15 is 0 Å². The lowest BCUT2D eigenvalue weighted by atomic mass is 10.2. The number of ether oxygens (including phenoxy) is 2. The van der Waals surface area contributed by atoms with Gasteiger partial charge >= 0.3 is 0 Å². The van der Waals surface area contributed by atoms with Crippen molar-refractivity contribution in [2.45, 2.75) is 0 Å². The second kappa shape index (κ2) is 5.09. The third-order valence-corrected chi connectivity index (χ3v) is 3.25. The summed E-state index contributed by atoms with van der Waals surface area (Å²) < 4.78 is 24.7. The Morgan fingerprint density at radius 3 is 2.55 bits per heavy atom. The summed E-state index contributed by atoms with van der Waals surface area (Å²) in [5, 5.41) is 3.17. The molecule has 0 atom stereocenters. The van der Waals surface area contributed by atoms with Gasteiger partial charge in [0.15, 0.2) is 11.5 Å². The molecule has 1 aliphatic heterocycles. The predicted molar refractivity (Wildman–Crippen MR) is 76.5 cm³/mol. The van der Waals surface area contributed by atoms with Gasteiger partial charge in [0.1, 0.15) is 19.0 Å². The Hall–Kier alpha value is -2.14. The molecule has 104 valence electrons. The van der Waals surface area contributed by atoms with Gasteiger partial charge in [-0.25, -0.2) is 4.39 Å². The van der Waals surface area contributed by atoms with Crippen molar-refractivity contribution in [1.82, 2.24) is 0 Å². The van der Waals surface area contributed by atoms with Gasteiger partial charge in [-0.3, -0.25) is 0 Å². The molecule has 4 nitrogen and oxygen atoms in total. The highest BCUT2D eigenvalue weighted by molar-refractivity contribution is 6.33. The zero-order valence-electron chi connectivity index (χ0n) is 10.5. The molecule has 2 aromatic rings. The van der Waals surface area contributed by atoms with Crippen LogP contribution in [0, 0.1) is 5.82 Å². The van der Waals surface area contributed by atoms with Gasteiger partial charge in [-0.1, -0.05) is 17.7 Å². The fourth-order valence-electron chi connectivity index (χ4n) is 1.96. The molecule has 0 amide bonds. The average molecular weight is 295 g/mol. The third kappa shape index (κ3) is 2.32. The van der Waals surface area contributed by atoms with E-state index in [2.05, 4.69) is 5.32 Å². The van der Waals surface area contributed by atoms with Crippen molar-refractivity contribution >= 4 is 28.7 Å². The highest BCUT2D eigenvalue weighted by atomic mass is 35.5. The molecule has 0 aromatic heterocycles. The van der Waals surface area contributed by atoms with Gasteiger partial charge in [-0.2, -0.15) is 0 Å². The monoisotopic (exact) mass is 294 g/mol. The lowest BCUT2D eigenvalue weighted by molar-refractivity contribution is 0.172. The number of halogens is 2. The van der Waals surface area contributed by atoms with Crippen LogP contribution < -0.4 is 20.5 Å². The number of fused-ring (bicyclic) bond motifs is 1. The SMILES string of the molecule is Nc1cc2c(cc1Nc1c(F)cccc1Cl)OCCO2. The molecular formula is C14H12ClFN2O2. The van der Waals surface area contributed by atoms with E-state index in [1.54, 1.807) is 18.2 Å². The summed E-state index contributed by atoms with van der Waals surface area (Å²) in [6.07, 6.45) is 0. The Morgan fingerprint density at radius 1 is 1.15 bits per heavy atom. The van der Waals surface area contributed by atoms with Crippen LogP contribution >= 0.6 is 11.6 Å². The quantitative estimate of drug-likeness (QED) is 0.831. The van der Waals surface area contributed by atoms with Crippen LogP contribution in [0.4, 0.5) is 21.5 Å². The van der Waals surface area contributed by atoms with E-state index in [9.17, 15) is 4.39 Å². The van der Waals surface area contributed by atoms with Gasteiger partial charge in [-0.05, 0) is 12.1 Å². The molecule has 0 aliphatic carbocycles. The molecule has 3 N–H and O–H groups in total. The summed E-state index contributed by atoms with van der Waals surface area (Å²) in [4.78, 5) is 0. The van der Waals surface area contributed by atoms with Gasteiger partial charge < -0.3 is 20.5 Å². The first-order valence-electron chi connectivity index (χ1n) is 6.05. The average Bonchev–Trinajstić information content (AvgIpc) is 2.43. The molecule has 1 aliphatic rings. The largest absolute Gasteiger partial charge is 0.486 e. The number of nitrogens with one attached hydrogen (secondary N) is 1. The number of hydrogen-bond acceptors (Lipinski definition) is 4. The number of anilines is 3. The highest BCUT2D eigenvalue weighted by Crippen LogP contribution is 2.39. The van der Waals surface area contributed by atoms with E-state index in [-0.39, 0.29) is 10.7 Å². The lowest BCUT2D eigenvalue weighted by Gasteiger charge is -2.21. The van der Waals surface area contributed by atoms with Gasteiger partial charge in [0.25, 0.3) is 0 Å². The summed E-state index contributed by atoms with van der Waals surface area (Å²) in [6, 6.07) is 7.78. The van der Waals surface area contributed by atoms with Crippen LogP contribution in [-0.4, -0.2) is 13.2 Å². The van der Waals surface area contributed by atoms with E-state index in [0.29, 0.717) is 36.1 Å². The summed E-state index contributed by atoms with van der Waals surface area (Å²) >= 11 is 5.98. The minimum Gasteiger partial charge on any atom is -0.486 e. The first-order chi connectivity index (χ1) is 9.65. The van der Waals surface area contributed by atoms with Crippen molar-refractivity contribution in [2.24, 2.45) is 0 Å². The normalized spacial score (nSPS) is 13.1. The molecular weight excluding hydrogens is 283 g/mol. The van der Waals surface area contributed by atoms with Crippen molar-refractivity contribution in [1.29, 1.82) is 0 Å². The summed E-state index contributed by atoms with van der Waals surface area (Å²) in [5.41, 5.74) is 7.05.